The van der Waals surface area contributed by atoms with Gasteiger partial charge in [-0.3, -0.25) is 14.4 Å². The average Bonchev–Trinajstić information content (AvgIpc) is 3.10. The number of benzene rings is 3. The molecule has 0 aromatic heterocycles. The quantitative estimate of drug-likeness (QED) is 0.403. The van der Waals surface area contributed by atoms with Gasteiger partial charge in [0.15, 0.2) is 0 Å². The van der Waals surface area contributed by atoms with Gasteiger partial charge in [0, 0.05) is 28.6 Å². The van der Waals surface area contributed by atoms with Crippen molar-refractivity contribution in [1.82, 2.24) is 4.84 Å². The van der Waals surface area contributed by atoms with Crippen LogP contribution in [0.3, 0.4) is 0 Å². The van der Waals surface area contributed by atoms with Crippen LogP contribution in [0.25, 0.3) is 11.6 Å². The number of hydrogen-bond acceptors (Lipinski definition) is 4. The fourth-order valence-corrected chi connectivity index (χ4v) is 3.47. The molecule has 1 heterocycles. The minimum atomic E-state index is -0.708. The van der Waals surface area contributed by atoms with E-state index in [0.29, 0.717) is 23.5 Å². The van der Waals surface area contributed by atoms with Crippen molar-refractivity contribution in [2.45, 2.75) is 12.5 Å². The van der Waals surface area contributed by atoms with E-state index in [1.807, 2.05) is 83.7 Å². The summed E-state index contributed by atoms with van der Waals surface area (Å²) >= 11 is 5.29. The van der Waals surface area contributed by atoms with Gasteiger partial charge in [0.25, 0.3) is 11.8 Å². The van der Waals surface area contributed by atoms with Crippen LogP contribution in [0, 0.1) is 0 Å². The van der Waals surface area contributed by atoms with Crippen LogP contribution in [0.15, 0.2) is 72.8 Å². The SMILES string of the molecule is NC(Cc1ccc(Oc2ccc(C=C3C(=O)Nc4ccccc43)cc2)cc1)C(=O)NCl. The fourth-order valence-electron chi connectivity index (χ4n) is 3.33. The highest BCUT2D eigenvalue weighted by atomic mass is 35.5. The number of nitrogens with one attached hydrogen (secondary N) is 2. The molecular weight excluding hydrogens is 414 g/mol. The molecule has 4 N–H and O–H groups in total. The van der Waals surface area contributed by atoms with Crippen LogP contribution in [-0.2, 0) is 16.0 Å². The highest BCUT2D eigenvalue weighted by Gasteiger charge is 2.23. The van der Waals surface area contributed by atoms with Gasteiger partial charge in [0.2, 0.25) is 0 Å². The van der Waals surface area contributed by atoms with Gasteiger partial charge < -0.3 is 15.8 Å². The number of amides is 2. The molecule has 2 amide bonds. The number of nitrogens with two attached hydrogens (primary N) is 1. The molecule has 1 atom stereocenters. The van der Waals surface area contributed by atoms with Crippen molar-refractivity contribution >= 4 is 40.9 Å². The highest BCUT2D eigenvalue weighted by molar-refractivity contribution is 6.34. The monoisotopic (exact) mass is 433 g/mol. The summed E-state index contributed by atoms with van der Waals surface area (Å²) in [6.45, 7) is 0. The van der Waals surface area contributed by atoms with Crippen LogP contribution < -0.4 is 20.6 Å². The van der Waals surface area contributed by atoms with Crippen LogP contribution in [-0.4, -0.2) is 17.9 Å². The van der Waals surface area contributed by atoms with Gasteiger partial charge >= 0.3 is 0 Å². The molecule has 4 rings (SSSR count). The number of fused-ring (bicyclic) bond motifs is 1. The van der Waals surface area contributed by atoms with E-state index in [-0.39, 0.29) is 5.91 Å². The summed E-state index contributed by atoms with van der Waals surface area (Å²) in [4.78, 5) is 25.7. The summed E-state index contributed by atoms with van der Waals surface area (Å²) in [7, 11) is 0. The Morgan fingerprint density at radius 2 is 1.68 bits per heavy atom. The summed E-state index contributed by atoms with van der Waals surface area (Å²) < 4.78 is 5.88. The molecule has 0 fully saturated rings. The highest BCUT2D eigenvalue weighted by Crippen LogP contribution is 2.33. The summed E-state index contributed by atoms with van der Waals surface area (Å²) in [5.74, 6) is 0.805. The Morgan fingerprint density at radius 1 is 1.03 bits per heavy atom. The first-order chi connectivity index (χ1) is 15.0. The molecule has 1 unspecified atom stereocenters. The summed E-state index contributed by atoms with van der Waals surface area (Å²) in [6.07, 6.45) is 2.23. The van der Waals surface area contributed by atoms with Crippen molar-refractivity contribution in [3.05, 3.63) is 89.5 Å². The Hall–Kier alpha value is -3.61. The van der Waals surface area contributed by atoms with Gasteiger partial charge in [-0.1, -0.05) is 42.5 Å². The third kappa shape index (κ3) is 4.77. The Labute approximate surface area is 184 Å². The van der Waals surface area contributed by atoms with E-state index in [4.69, 9.17) is 22.2 Å². The largest absolute Gasteiger partial charge is 0.457 e. The normalized spacial score (nSPS) is 14.6. The average molecular weight is 434 g/mol. The molecule has 0 spiro atoms. The van der Waals surface area contributed by atoms with Gasteiger partial charge in [-0.15, -0.1) is 0 Å². The molecular formula is C24H20ClN3O3. The van der Waals surface area contributed by atoms with Gasteiger partial charge in [-0.2, -0.15) is 0 Å². The number of carbonyl (C=O) groups excluding carboxylic acids is 2. The third-order valence-corrected chi connectivity index (χ3v) is 5.13. The van der Waals surface area contributed by atoms with E-state index < -0.39 is 11.9 Å². The minimum Gasteiger partial charge on any atom is -0.457 e. The molecule has 1 aliphatic rings. The van der Waals surface area contributed by atoms with Crippen molar-refractivity contribution in [3.8, 4) is 11.5 Å². The molecule has 3 aromatic carbocycles. The zero-order valence-corrected chi connectivity index (χ0v) is 17.2. The smallest absolute Gasteiger partial charge is 0.256 e. The maximum absolute atomic E-state index is 12.3. The number of rotatable bonds is 6. The van der Waals surface area contributed by atoms with E-state index in [2.05, 4.69) is 5.32 Å². The predicted octanol–water partition coefficient (Wildman–Crippen LogP) is 4.11. The van der Waals surface area contributed by atoms with Gasteiger partial charge in [-0.25, -0.2) is 0 Å². The second-order valence-corrected chi connectivity index (χ2v) is 7.33. The third-order valence-electron chi connectivity index (χ3n) is 4.95. The van der Waals surface area contributed by atoms with E-state index in [9.17, 15) is 9.59 Å². The standard InChI is InChI=1S/C24H20ClN3O3/c25-28-24(30)21(26)14-16-7-11-18(12-8-16)31-17-9-5-15(6-10-17)13-20-19-3-1-2-4-22(19)27-23(20)29/h1-13,21H,14,26H2,(H,27,29)(H,28,30). The first kappa shape index (κ1) is 20.7. The maximum Gasteiger partial charge on any atom is 0.256 e. The molecule has 7 heteroatoms. The van der Waals surface area contributed by atoms with Gasteiger partial charge in [0.1, 0.15) is 11.5 Å². The van der Waals surface area contributed by atoms with Crippen molar-refractivity contribution in [3.63, 3.8) is 0 Å². The van der Waals surface area contributed by atoms with Crippen molar-refractivity contribution in [2.75, 3.05) is 5.32 Å². The van der Waals surface area contributed by atoms with Crippen molar-refractivity contribution in [1.29, 1.82) is 0 Å². The van der Waals surface area contributed by atoms with Gasteiger partial charge in [-0.05, 0) is 54.0 Å². The Bertz CT molecular complexity index is 1140. The molecule has 0 aliphatic carbocycles. The number of ether oxygens (including phenoxy) is 1. The second-order valence-electron chi connectivity index (χ2n) is 7.14. The number of carbonyl (C=O) groups is 2. The summed E-state index contributed by atoms with van der Waals surface area (Å²) in [5.41, 5.74) is 9.94. The lowest BCUT2D eigenvalue weighted by atomic mass is 10.0. The van der Waals surface area contributed by atoms with Crippen molar-refractivity contribution < 1.29 is 14.3 Å². The maximum atomic E-state index is 12.3. The Kier molecular flexibility index (Phi) is 6.02. The van der Waals surface area contributed by atoms with Gasteiger partial charge in [0.05, 0.1) is 6.04 Å². The van der Waals surface area contributed by atoms with Crippen LogP contribution in [0.5, 0.6) is 11.5 Å². The lowest BCUT2D eigenvalue weighted by molar-refractivity contribution is -0.120. The number of para-hydroxylation sites is 1. The predicted molar refractivity (Wildman–Crippen MR) is 122 cm³/mol. The summed E-state index contributed by atoms with van der Waals surface area (Å²) in [5, 5.41) is 2.87. The molecule has 0 saturated carbocycles. The van der Waals surface area contributed by atoms with Crippen LogP contribution in [0.2, 0.25) is 0 Å². The zero-order valence-electron chi connectivity index (χ0n) is 16.5. The lowest BCUT2D eigenvalue weighted by Crippen LogP contribution is -2.38. The van der Waals surface area contributed by atoms with Crippen LogP contribution in [0.1, 0.15) is 16.7 Å². The Balaban J connectivity index is 1.42. The number of halogens is 1. The summed E-state index contributed by atoms with van der Waals surface area (Å²) in [6, 6.07) is 21.7. The number of hydrogen-bond donors (Lipinski definition) is 3. The van der Waals surface area contributed by atoms with E-state index in [0.717, 1.165) is 22.4 Å². The van der Waals surface area contributed by atoms with Crippen molar-refractivity contribution in [2.24, 2.45) is 5.73 Å². The van der Waals surface area contributed by atoms with E-state index >= 15 is 0 Å². The zero-order chi connectivity index (χ0) is 21.8. The van der Waals surface area contributed by atoms with Crippen LogP contribution in [0.4, 0.5) is 5.69 Å². The Morgan fingerprint density at radius 3 is 2.35 bits per heavy atom. The van der Waals surface area contributed by atoms with Crippen LogP contribution >= 0.6 is 11.8 Å². The molecule has 3 aromatic rings. The minimum absolute atomic E-state index is 0.107. The van der Waals surface area contributed by atoms with E-state index in [1.54, 1.807) is 0 Å². The molecule has 1 aliphatic heterocycles. The first-order valence-electron chi connectivity index (χ1n) is 9.69. The second kappa shape index (κ2) is 9.04. The molecule has 0 radical (unpaired) electrons. The lowest BCUT2D eigenvalue weighted by Gasteiger charge is -2.10. The first-order valence-corrected chi connectivity index (χ1v) is 10.1. The molecule has 31 heavy (non-hydrogen) atoms. The molecule has 6 nitrogen and oxygen atoms in total. The topological polar surface area (TPSA) is 93.4 Å². The molecule has 0 saturated heterocycles. The molecule has 156 valence electrons. The fraction of sp³-hybridized carbons (Fsp3) is 0.0833. The number of anilines is 1. The van der Waals surface area contributed by atoms with E-state index in [1.165, 1.54) is 0 Å². The molecule has 0 bridgehead atoms.